The van der Waals surface area contributed by atoms with E-state index in [1.54, 1.807) is 5.32 Å². The van der Waals surface area contributed by atoms with Crippen molar-refractivity contribution >= 4 is 12.2 Å². The molecule has 0 aliphatic heterocycles. The fraction of sp³-hybridized carbons (Fsp3) is 0.667. The van der Waals surface area contributed by atoms with Gasteiger partial charge < -0.3 is 35.8 Å². The number of carbonyl (C=O) groups is 2. The molecule has 0 bridgehead atoms. The van der Waals surface area contributed by atoms with Gasteiger partial charge in [0.05, 0.1) is 26.2 Å². The molecule has 0 atom stereocenters. The topological polar surface area (TPSA) is 121 Å². The largest absolute Gasteiger partial charge is 0.530 e. The van der Waals surface area contributed by atoms with Crippen molar-refractivity contribution in [3.63, 3.8) is 0 Å². The number of hydrogen-bond acceptors (Lipinski definition) is 4. The zero-order valence-electron chi connectivity index (χ0n) is 7.04. The second-order valence-corrected chi connectivity index (χ2v) is 2.29. The summed E-state index contributed by atoms with van der Waals surface area (Å²) in [6, 6.07) is 0. The quantitative estimate of drug-likeness (QED) is 0.365. The van der Waals surface area contributed by atoms with Crippen LogP contribution in [0.2, 0.25) is 0 Å². The minimum Gasteiger partial charge on any atom is -0.530 e. The molecule has 7 nitrogen and oxygen atoms in total. The smallest absolute Gasteiger partial charge is 0.134 e. The van der Waals surface area contributed by atoms with Crippen LogP contribution in [0.3, 0.4) is 0 Å². The summed E-state index contributed by atoms with van der Waals surface area (Å²) in [4.78, 5) is 19.7. The lowest BCUT2D eigenvalue weighted by Gasteiger charge is -2.07. The van der Waals surface area contributed by atoms with Gasteiger partial charge in [-0.25, -0.2) is 0 Å². The molecule has 0 saturated heterocycles. The Bertz CT molecular complexity index is 155. The summed E-state index contributed by atoms with van der Waals surface area (Å²) >= 11 is 0. The summed E-state index contributed by atoms with van der Waals surface area (Å²) in [7, 11) is 0. The van der Waals surface area contributed by atoms with Crippen molar-refractivity contribution in [3.05, 3.63) is 0 Å². The van der Waals surface area contributed by atoms with Crippen molar-refractivity contribution in [2.75, 3.05) is 26.2 Å². The highest BCUT2D eigenvalue weighted by Crippen LogP contribution is 1.53. The molecule has 0 heterocycles. The second-order valence-electron chi connectivity index (χ2n) is 2.29. The molecule has 0 unspecified atom stereocenters. The third kappa shape index (κ3) is 10.5. The molecule has 0 rings (SSSR count). The highest BCUT2D eigenvalue weighted by Gasteiger charge is 1.90. The molecule has 2 amide bonds. The fourth-order valence-corrected chi connectivity index (χ4v) is 0.697. The molecular weight excluding hydrogens is 178 g/mol. The zero-order valence-corrected chi connectivity index (χ0v) is 7.04. The molecule has 0 aliphatic carbocycles. The van der Waals surface area contributed by atoms with E-state index >= 15 is 0 Å². The number of quaternary nitrogens is 1. The predicted octanol–water partition coefficient (Wildman–Crippen LogP) is -4.58. The molecule has 76 valence electrons. The minimum absolute atomic E-state index is 0.285. The first-order valence-electron chi connectivity index (χ1n) is 3.84. The van der Waals surface area contributed by atoms with Gasteiger partial charge in [0.25, 0.3) is 0 Å². The maximum Gasteiger partial charge on any atom is 0.134 e. The van der Waals surface area contributed by atoms with Crippen LogP contribution in [0.5, 0.6) is 0 Å². The van der Waals surface area contributed by atoms with Crippen LogP contribution in [-0.4, -0.2) is 38.4 Å². The summed E-state index contributed by atoms with van der Waals surface area (Å²) in [5.74, 6) is 0. The number of carboxylic acid groups (broad SMARTS) is 2. The Balaban J connectivity index is 3.00. The average molecular weight is 190 g/mol. The van der Waals surface area contributed by atoms with E-state index in [1.807, 2.05) is 0 Å². The number of carbonyl (C=O) groups excluding carboxylic acids is 2. The van der Waals surface area contributed by atoms with Crippen molar-refractivity contribution in [1.82, 2.24) is 10.6 Å². The first-order valence-corrected chi connectivity index (χ1v) is 3.84. The van der Waals surface area contributed by atoms with E-state index in [9.17, 15) is 19.8 Å². The Hall–Kier alpha value is -1.50. The first-order chi connectivity index (χ1) is 6.13. The summed E-state index contributed by atoms with van der Waals surface area (Å²) in [5.41, 5.74) is 0. The molecule has 7 heteroatoms. The van der Waals surface area contributed by atoms with Gasteiger partial charge in [0.2, 0.25) is 0 Å². The lowest BCUT2D eigenvalue weighted by atomic mass is 10.5. The predicted molar refractivity (Wildman–Crippen MR) is 38.5 cm³/mol. The van der Waals surface area contributed by atoms with Gasteiger partial charge >= 0.3 is 0 Å². The van der Waals surface area contributed by atoms with Crippen LogP contribution in [-0.2, 0) is 0 Å². The van der Waals surface area contributed by atoms with Crippen LogP contribution in [0, 0.1) is 0 Å². The van der Waals surface area contributed by atoms with Gasteiger partial charge in [0.1, 0.15) is 12.2 Å². The van der Waals surface area contributed by atoms with Crippen LogP contribution in [0.4, 0.5) is 9.59 Å². The van der Waals surface area contributed by atoms with Gasteiger partial charge in [-0.2, -0.15) is 0 Å². The van der Waals surface area contributed by atoms with E-state index < -0.39 is 12.2 Å². The van der Waals surface area contributed by atoms with Gasteiger partial charge in [-0.3, -0.25) is 0 Å². The summed E-state index contributed by atoms with van der Waals surface area (Å²) in [5, 5.41) is 25.6. The van der Waals surface area contributed by atoms with Crippen LogP contribution in [0.15, 0.2) is 0 Å². The van der Waals surface area contributed by atoms with Gasteiger partial charge in [-0.15, -0.1) is 0 Å². The maximum atomic E-state index is 9.84. The van der Waals surface area contributed by atoms with Crippen molar-refractivity contribution in [2.45, 2.75) is 0 Å². The lowest BCUT2D eigenvalue weighted by molar-refractivity contribution is -0.651. The fourth-order valence-electron chi connectivity index (χ4n) is 0.697. The minimum atomic E-state index is -1.30. The normalized spacial score (nSPS) is 9.23. The van der Waals surface area contributed by atoms with Crippen LogP contribution in [0.1, 0.15) is 0 Å². The number of hydrogen-bond donors (Lipinski definition) is 3. The van der Waals surface area contributed by atoms with Gasteiger partial charge in [-0.05, 0) is 0 Å². The van der Waals surface area contributed by atoms with E-state index in [0.29, 0.717) is 13.1 Å². The third-order valence-electron chi connectivity index (χ3n) is 1.24. The maximum absolute atomic E-state index is 9.84. The van der Waals surface area contributed by atoms with Crippen LogP contribution >= 0.6 is 0 Å². The summed E-state index contributed by atoms with van der Waals surface area (Å²) in [6.07, 6.45) is -2.61. The van der Waals surface area contributed by atoms with Crippen LogP contribution in [0.25, 0.3) is 0 Å². The molecule has 0 fully saturated rings. The number of rotatable bonds is 6. The highest BCUT2D eigenvalue weighted by atomic mass is 16.4. The Morgan fingerprint density at radius 3 is 1.69 bits per heavy atom. The van der Waals surface area contributed by atoms with Gasteiger partial charge in [0.15, 0.2) is 0 Å². The summed E-state index contributed by atoms with van der Waals surface area (Å²) in [6.45, 7) is 1.66. The van der Waals surface area contributed by atoms with Crippen molar-refractivity contribution in [1.29, 1.82) is 0 Å². The third-order valence-corrected chi connectivity index (χ3v) is 1.24. The first kappa shape index (κ1) is 11.5. The Labute approximate surface area is 75.1 Å². The second kappa shape index (κ2) is 7.17. The standard InChI is InChI=1S/C6H13N3O4/c10-5(11)8-3-1-7-2-4-9-6(12)13/h7-9H,1-4H2,(H,10,11)(H,12,13)/p-1. The molecule has 0 aromatic heterocycles. The molecule has 0 spiro atoms. The lowest BCUT2D eigenvalue weighted by Crippen LogP contribution is -2.87. The van der Waals surface area contributed by atoms with Crippen molar-refractivity contribution in [3.8, 4) is 0 Å². The van der Waals surface area contributed by atoms with E-state index in [1.165, 1.54) is 0 Å². The molecule has 0 saturated carbocycles. The Kier molecular flexibility index (Phi) is 6.34. The van der Waals surface area contributed by atoms with E-state index in [2.05, 4.69) is 10.6 Å². The van der Waals surface area contributed by atoms with Crippen LogP contribution < -0.4 is 26.2 Å². The Morgan fingerprint density at radius 1 is 1.00 bits per heavy atom. The molecule has 0 aromatic carbocycles. The summed E-state index contributed by atoms with van der Waals surface area (Å²) < 4.78 is 0. The van der Waals surface area contributed by atoms with E-state index in [-0.39, 0.29) is 13.1 Å². The molecule has 13 heavy (non-hydrogen) atoms. The number of nitrogens with two attached hydrogens (primary N) is 1. The molecule has 4 N–H and O–H groups in total. The van der Waals surface area contributed by atoms with E-state index in [0.717, 1.165) is 0 Å². The average Bonchev–Trinajstić information content (AvgIpc) is 2.01. The number of nitrogens with one attached hydrogen (secondary N) is 2. The molecule has 0 radical (unpaired) electrons. The Morgan fingerprint density at radius 2 is 1.38 bits per heavy atom. The van der Waals surface area contributed by atoms with Crippen molar-refractivity contribution < 1.29 is 25.1 Å². The molecule has 0 aromatic rings. The number of amides is 2. The molecule has 0 aliphatic rings. The van der Waals surface area contributed by atoms with E-state index in [4.69, 9.17) is 0 Å². The van der Waals surface area contributed by atoms with Crippen molar-refractivity contribution in [2.24, 2.45) is 0 Å². The van der Waals surface area contributed by atoms with Gasteiger partial charge in [0, 0.05) is 0 Å². The monoisotopic (exact) mass is 190 g/mol. The SMILES string of the molecule is O=C([O-])NCC[NH2+]CCNC(=O)[O-]. The van der Waals surface area contributed by atoms with Gasteiger partial charge in [-0.1, -0.05) is 0 Å². The highest BCUT2D eigenvalue weighted by molar-refractivity contribution is 5.61. The molecular formula is C6H12N3O4-. The zero-order chi connectivity index (χ0) is 10.1.